The summed E-state index contributed by atoms with van der Waals surface area (Å²) in [5.41, 5.74) is 9.57. The number of nitrogens with one attached hydrogen (secondary N) is 1. The molecule has 24 heavy (non-hydrogen) atoms. The molecule has 3 N–H and O–H groups in total. The Kier molecular flexibility index (Phi) is 4.43. The van der Waals surface area contributed by atoms with Gasteiger partial charge in [0.15, 0.2) is 5.82 Å². The second-order valence-electron chi connectivity index (χ2n) is 6.90. The van der Waals surface area contributed by atoms with Gasteiger partial charge in [-0.3, -0.25) is 5.10 Å². The topological polar surface area (TPSA) is 67.6 Å². The minimum atomic E-state index is -0.364. The number of hydrogen-bond acceptors (Lipinski definition) is 3. The number of H-pyrrole nitrogens is 1. The molecule has 0 bridgehead atoms. The largest absolute Gasteiger partial charge is 0.318 e. The van der Waals surface area contributed by atoms with E-state index in [-0.39, 0.29) is 11.5 Å². The predicted octanol–water partition coefficient (Wildman–Crippen LogP) is 4.47. The van der Waals surface area contributed by atoms with Gasteiger partial charge in [-0.1, -0.05) is 68.8 Å². The van der Waals surface area contributed by atoms with Gasteiger partial charge in [0.2, 0.25) is 0 Å². The van der Waals surface area contributed by atoms with Crippen molar-refractivity contribution in [3.05, 3.63) is 70.5 Å². The van der Waals surface area contributed by atoms with Gasteiger partial charge in [0.1, 0.15) is 5.82 Å². The molecule has 0 fully saturated rings. The molecule has 0 radical (unpaired) electrons. The third-order valence-electron chi connectivity index (χ3n) is 4.04. The zero-order chi connectivity index (χ0) is 17.3. The van der Waals surface area contributed by atoms with Crippen molar-refractivity contribution >= 4 is 11.6 Å². The van der Waals surface area contributed by atoms with Crippen molar-refractivity contribution in [2.45, 2.75) is 32.2 Å². The number of hydrogen-bond donors (Lipinski definition) is 2. The van der Waals surface area contributed by atoms with Crippen LogP contribution in [0.4, 0.5) is 0 Å². The lowest BCUT2D eigenvalue weighted by molar-refractivity contribution is 0.590. The Balaban J connectivity index is 1.83. The van der Waals surface area contributed by atoms with Crippen LogP contribution < -0.4 is 5.73 Å². The average Bonchev–Trinajstić information content (AvgIpc) is 3.04. The van der Waals surface area contributed by atoms with Crippen LogP contribution >= 0.6 is 11.6 Å². The summed E-state index contributed by atoms with van der Waals surface area (Å²) in [6.45, 7) is 6.58. The van der Waals surface area contributed by atoms with Crippen LogP contribution in [0.1, 0.15) is 43.8 Å². The highest BCUT2D eigenvalue weighted by Crippen LogP contribution is 2.25. The van der Waals surface area contributed by atoms with Crippen LogP contribution in [0.25, 0.3) is 11.4 Å². The van der Waals surface area contributed by atoms with Gasteiger partial charge >= 0.3 is 0 Å². The second kappa shape index (κ2) is 6.38. The summed E-state index contributed by atoms with van der Waals surface area (Å²) in [7, 11) is 0. The van der Waals surface area contributed by atoms with E-state index >= 15 is 0 Å². The van der Waals surface area contributed by atoms with Crippen LogP contribution in [-0.4, -0.2) is 15.2 Å². The predicted molar refractivity (Wildman–Crippen MR) is 98.0 cm³/mol. The molecule has 0 aliphatic rings. The number of rotatable bonds is 3. The van der Waals surface area contributed by atoms with E-state index in [0.29, 0.717) is 16.7 Å². The molecule has 2 aromatic carbocycles. The molecule has 3 aromatic rings. The molecule has 1 atom stereocenters. The molecule has 4 nitrogen and oxygen atoms in total. The van der Waals surface area contributed by atoms with E-state index < -0.39 is 0 Å². The van der Waals surface area contributed by atoms with Gasteiger partial charge in [-0.15, -0.1) is 0 Å². The van der Waals surface area contributed by atoms with Crippen LogP contribution in [0.5, 0.6) is 0 Å². The summed E-state index contributed by atoms with van der Waals surface area (Å²) in [6, 6.07) is 15.4. The first-order valence-corrected chi connectivity index (χ1v) is 8.26. The summed E-state index contributed by atoms with van der Waals surface area (Å²) < 4.78 is 0. The second-order valence-corrected chi connectivity index (χ2v) is 7.34. The number of benzene rings is 2. The highest BCUT2D eigenvalue weighted by molar-refractivity contribution is 6.30. The van der Waals surface area contributed by atoms with Crippen LogP contribution in [0.3, 0.4) is 0 Å². The molecule has 3 rings (SSSR count). The Bertz CT molecular complexity index is 814. The first-order valence-electron chi connectivity index (χ1n) is 7.89. The van der Waals surface area contributed by atoms with Gasteiger partial charge in [0, 0.05) is 10.6 Å². The first-order chi connectivity index (χ1) is 11.3. The molecule has 0 aliphatic heterocycles. The quantitative estimate of drug-likeness (QED) is 0.739. The maximum atomic E-state index is 6.26. The van der Waals surface area contributed by atoms with Crippen molar-refractivity contribution in [1.29, 1.82) is 0 Å². The Morgan fingerprint density at radius 3 is 2.21 bits per heavy atom. The maximum absolute atomic E-state index is 6.26. The highest BCUT2D eigenvalue weighted by atomic mass is 35.5. The van der Waals surface area contributed by atoms with Gasteiger partial charge in [0.25, 0.3) is 0 Å². The summed E-state index contributed by atoms with van der Waals surface area (Å²) in [5.74, 6) is 1.28. The maximum Gasteiger partial charge on any atom is 0.181 e. The molecule has 0 spiro atoms. The molecule has 0 unspecified atom stereocenters. The lowest BCUT2D eigenvalue weighted by Gasteiger charge is -2.18. The molecule has 124 valence electrons. The van der Waals surface area contributed by atoms with Gasteiger partial charge in [-0.2, -0.15) is 5.10 Å². The number of aromatic amines is 1. The molecular formula is C19H21ClN4. The molecule has 0 amide bonds. The Morgan fingerprint density at radius 1 is 1.00 bits per heavy atom. The van der Waals surface area contributed by atoms with Crippen molar-refractivity contribution < 1.29 is 0 Å². The van der Waals surface area contributed by atoms with E-state index in [1.165, 1.54) is 5.56 Å². The number of nitrogens with zero attached hydrogens (tertiary/aromatic N) is 2. The molecule has 0 aliphatic carbocycles. The summed E-state index contributed by atoms with van der Waals surface area (Å²) in [6.07, 6.45) is 0. The summed E-state index contributed by atoms with van der Waals surface area (Å²) in [4.78, 5) is 4.55. The third kappa shape index (κ3) is 3.50. The zero-order valence-corrected chi connectivity index (χ0v) is 14.8. The fourth-order valence-electron chi connectivity index (χ4n) is 2.49. The minimum absolute atomic E-state index is 0.125. The Hall–Kier alpha value is -2.17. The van der Waals surface area contributed by atoms with E-state index in [4.69, 9.17) is 17.3 Å². The van der Waals surface area contributed by atoms with Crippen LogP contribution in [0.2, 0.25) is 5.02 Å². The van der Waals surface area contributed by atoms with E-state index in [9.17, 15) is 0 Å². The van der Waals surface area contributed by atoms with Gasteiger partial charge in [-0.05, 0) is 28.7 Å². The standard InChI is InChI=1S/C19H21ClN4/c1-19(2,3)14-8-4-13(5-9-14)17-22-18(24-23-17)16(21)12-6-10-15(20)11-7-12/h4-11,16H,21H2,1-3H3,(H,22,23,24)/t16-/m1/s1. The lowest BCUT2D eigenvalue weighted by Crippen LogP contribution is -2.13. The summed E-state index contributed by atoms with van der Waals surface area (Å²) >= 11 is 5.91. The molecule has 0 saturated heterocycles. The Labute approximate surface area is 147 Å². The van der Waals surface area contributed by atoms with Crippen LogP contribution in [0.15, 0.2) is 48.5 Å². The first kappa shape index (κ1) is 16.7. The minimum Gasteiger partial charge on any atom is -0.318 e. The lowest BCUT2D eigenvalue weighted by atomic mass is 9.87. The van der Waals surface area contributed by atoms with Crippen molar-refractivity contribution in [2.75, 3.05) is 0 Å². The van der Waals surface area contributed by atoms with Gasteiger partial charge in [-0.25, -0.2) is 4.98 Å². The smallest absolute Gasteiger partial charge is 0.181 e. The zero-order valence-electron chi connectivity index (χ0n) is 14.0. The number of halogens is 1. The van der Waals surface area contributed by atoms with Crippen molar-refractivity contribution in [3.63, 3.8) is 0 Å². The molecule has 5 heteroatoms. The molecular weight excluding hydrogens is 320 g/mol. The van der Waals surface area contributed by atoms with Gasteiger partial charge < -0.3 is 5.73 Å². The van der Waals surface area contributed by atoms with Crippen molar-refractivity contribution in [1.82, 2.24) is 15.2 Å². The van der Waals surface area contributed by atoms with E-state index in [0.717, 1.165) is 11.1 Å². The summed E-state index contributed by atoms with van der Waals surface area (Å²) in [5, 5.41) is 7.93. The normalized spacial score (nSPS) is 13.0. The van der Waals surface area contributed by atoms with Crippen molar-refractivity contribution in [3.8, 4) is 11.4 Å². The van der Waals surface area contributed by atoms with E-state index in [1.54, 1.807) is 0 Å². The van der Waals surface area contributed by atoms with Crippen molar-refractivity contribution in [2.24, 2.45) is 5.73 Å². The number of aromatic nitrogens is 3. The van der Waals surface area contributed by atoms with E-state index in [1.807, 2.05) is 36.4 Å². The average molecular weight is 341 g/mol. The van der Waals surface area contributed by atoms with E-state index in [2.05, 4.69) is 48.1 Å². The van der Waals surface area contributed by atoms with Crippen LogP contribution in [-0.2, 0) is 5.41 Å². The molecule has 1 heterocycles. The highest BCUT2D eigenvalue weighted by Gasteiger charge is 2.16. The fraction of sp³-hybridized carbons (Fsp3) is 0.263. The number of nitrogens with two attached hydrogens (primary N) is 1. The third-order valence-corrected chi connectivity index (χ3v) is 4.29. The van der Waals surface area contributed by atoms with Gasteiger partial charge in [0.05, 0.1) is 6.04 Å². The fourth-order valence-corrected chi connectivity index (χ4v) is 2.62. The monoisotopic (exact) mass is 340 g/mol. The molecule has 0 saturated carbocycles. The SMILES string of the molecule is CC(C)(C)c1ccc(-c2n[nH]c([C@H](N)c3ccc(Cl)cc3)n2)cc1. The molecule has 1 aromatic heterocycles. The van der Waals surface area contributed by atoms with Crippen LogP contribution in [0, 0.1) is 0 Å². The Morgan fingerprint density at radius 2 is 1.62 bits per heavy atom.